The van der Waals surface area contributed by atoms with E-state index in [1.165, 1.54) is 11.6 Å². The van der Waals surface area contributed by atoms with E-state index in [0.717, 1.165) is 48.8 Å². The first-order chi connectivity index (χ1) is 13.8. The van der Waals surface area contributed by atoms with Gasteiger partial charge in [-0.05, 0) is 92.3 Å². The zero-order chi connectivity index (χ0) is 21.0. The highest BCUT2D eigenvalue weighted by Gasteiger charge is 2.31. The molecule has 2 aromatic carbocycles. The fourth-order valence-corrected chi connectivity index (χ4v) is 4.07. The standard InChI is InChI=1S/C26H30O3/c1-18(2)5-4-15-26(3)16-14-22-20(17-26)9-12-23(25(22)29)24(28)13-8-19-6-10-21(27)11-7-19/h5-13,27,29H,4,14-17H2,1-3H3. The Bertz CT molecular complexity index is 947. The van der Waals surface area contributed by atoms with Crippen LogP contribution >= 0.6 is 0 Å². The fourth-order valence-electron chi connectivity index (χ4n) is 4.07. The second-order valence-electron chi connectivity index (χ2n) is 8.70. The van der Waals surface area contributed by atoms with E-state index in [-0.39, 0.29) is 22.7 Å². The van der Waals surface area contributed by atoms with Gasteiger partial charge in [-0.15, -0.1) is 0 Å². The Balaban J connectivity index is 1.75. The number of phenolic OH excluding ortho intramolecular Hbond substituents is 2. The van der Waals surface area contributed by atoms with Gasteiger partial charge in [-0.25, -0.2) is 0 Å². The molecule has 3 heteroatoms. The molecular weight excluding hydrogens is 360 g/mol. The summed E-state index contributed by atoms with van der Waals surface area (Å²) in [5.74, 6) is 0.109. The molecule has 3 nitrogen and oxygen atoms in total. The number of benzene rings is 2. The van der Waals surface area contributed by atoms with Gasteiger partial charge in [0.1, 0.15) is 11.5 Å². The van der Waals surface area contributed by atoms with Crippen molar-refractivity contribution < 1.29 is 15.0 Å². The molecule has 0 heterocycles. The maximum absolute atomic E-state index is 12.6. The third-order valence-electron chi connectivity index (χ3n) is 5.86. The van der Waals surface area contributed by atoms with Gasteiger partial charge < -0.3 is 10.2 Å². The Hall–Kier alpha value is -2.81. The first-order valence-corrected chi connectivity index (χ1v) is 10.3. The molecule has 0 bridgehead atoms. The lowest BCUT2D eigenvalue weighted by Crippen LogP contribution is -2.26. The summed E-state index contributed by atoms with van der Waals surface area (Å²) >= 11 is 0. The Labute approximate surface area is 173 Å². The summed E-state index contributed by atoms with van der Waals surface area (Å²) in [6, 6.07) is 10.4. The zero-order valence-electron chi connectivity index (χ0n) is 17.5. The van der Waals surface area contributed by atoms with Gasteiger partial charge in [-0.2, -0.15) is 0 Å². The normalized spacial score (nSPS) is 18.4. The van der Waals surface area contributed by atoms with E-state index in [1.807, 2.05) is 6.07 Å². The lowest BCUT2D eigenvalue weighted by atomic mass is 9.70. The summed E-state index contributed by atoms with van der Waals surface area (Å²) in [6.45, 7) is 6.58. The molecular formula is C26H30O3. The van der Waals surface area contributed by atoms with Gasteiger partial charge in [0, 0.05) is 0 Å². The predicted octanol–water partition coefficient (Wildman–Crippen LogP) is 6.24. The summed E-state index contributed by atoms with van der Waals surface area (Å²) in [4.78, 5) is 12.6. The molecule has 0 spiro atoms. The molecule has 0 saturated heterocycles. The largest absolute Gasteiger partial charge is 0.508 e. The lowest BCUT2D eigenvalue weighted by Gasteiger charge is -2.35. The van der Waals surface area contributed by atoms with Gasteiger partial charge in [-0.1, -0.05) is 42.8 Å². The number of carbonyl (C=O) groups is 1. The zero-order valence-corrected chi connectivity index (χ0v) is 17.5. The molecule has 0 amide bonds. The van der Waals surface area contributed by atoms with E-state index < -0.39 is 0 Å². The van der Waals surface area contributed by atoms with Crippen LogP contribution in [0.25, 0.3) is 6.08 Å². The lowest BCUT2D eigenvalue weighted by molar-refractivity contribution is 0.104. The van der Waals surface area contributed by atoms with Crippen LogP contribution in [-0.2, 0) is 12.8 Å². The van der Waals surface area contributed by atoms with E-state index in [0.29, 0.717) is 5.56 Å². The Morgan fingerprint density at radius 1 is 1.10 bits per heavy atom. The topological polar surface area (TPSA) is 57.5 Å². The van der Waals surface area contributed by atoms with Crippen molar-refractivity contribution in [1.29, 1.82) is 0 Å². The summed E-state index contributed by atoms with van der Waals surface area (Å²) in [6.07, 6.45) is 10.4. The predicted molar refractivity (Wildman–Crippen MR) is 118 cm³/mol. The molecule has 0 saturated carbocycles. The number of rotatable bonds is 6. The maximum Gasteiger partial charge on any atom is 0.189 e. The van der Waals surface area contributed by atoms with E-state index in [4.69, 9.17) is 0 Å². The van der Waals surface area contributed by atoms with E-state index in [9.17, 15) is 15.0 Å². The minimum Gasteiger partial charge on any atom is -0.508 e. The fraction of sp³-hybridized carbons (Fsp3) is 0.346. The monoisotopic (exact) mass is 390 g/mol. The number of hydrogen-bond donors (Lipinski definition) is 2. The molecule has 1 unspecified atom stereocenters. The quantitative estimate of drug-likeness (QED) is 0.349. The third-order valence-corrected chi connectivity index (χ3v) is 5.86. The highest BCUT2D eigenvalue weighted by molar-refractivity contribution is 6.08. The third kappa shape index (κ3) is 5.17. The number of carbonyl (C=O) groups excluding carboxylic acids is 1. The second kappa shape index (κ2) is 8.69. The van der Waals surface area contributed by atoms with Crippen LogP contribution in [0.3, 0.4) is 0 Å². The van der Waals surface area contributed by atoms with Crippen LogP contribution in [0.2, 0.25) is 0 Å². The summed E-state index contributed by atoms with van der Waals surface area (Å²) in [5.41, 5.74) is 4.84. The number of ketones is 1. The van der Waals surface area contributed by atoms with Gasteiger partial charge in [-0.3, -0.25) is 4.79 Å². The molecule has 3 rings (SSSR count). The average Bonchev–Trinajstić information content (AvgIpc) is 2.67. The van der Waals surface area contributed by atoms with Crippen molar-refractivity contribution in [2.75, 3.05) is 0 Å². The Kier molecular flexibility index (Phi) is 6.26. The van der Waals surface area contributed by atoms with Crippen LogP contribution in [-0.4, -0.2) is 16.0 Å². The summed E-state index contributed by atoms with van der Waals surface area (Å²) in [7, 11) is 0. The number of fused-ring (bicyclic) bond motifs is 1. The molecule has 1 aliphatic carbocycles. The van der Waals surface area contributed by atoms with Crippen LogP contribution in [0.1, 0.15) is 67.1 Å². The van der Waals surface area contributed by atoms with E-state index in [1.54, 1.807) is 36.4 Å². The maximum atomic E-state index is 12.6. The van der Waals surface area contributed by atoms with Gasteiger partial charge in [0.25, 0.3) is 0 Å². The van der Waals surface area contributed by atoms with Gasteiger partial charge >= 0.3 is 0 Å². The van der Waals surface area contributed by atoms with Crippen LogP contribution in [0.15, 0.2) is 54.1 Å². The molecule has 29 heavy (non-hydrogen) atoms. The number of allylic oxidation sites excluding steroid dienone is 3. The molecule has 1 aliphatic rings. The van der Waals surface area contributed by atoms with Crippen LogP contribution in [0.4, 0.5) is 0 Å². The molecule has 0 aliphatic heterocycles. The van der Waals surface area contributed by atoms with Crippen molar-refractivity contribution >= 4 is 11.9 Å². The minimum atomic E-state index is -0.213. The molecule has 1 atom stereocenters. The highest BCUT2D eigenvalue weighted by atomic mass is 16.3. The van der Waals surface area contributed by atoms with Gasteiger partial charge in [0.2, 0.25) is 0 Å². The van der Waals surface area contributed by atoms with Crippen molar-refractivity contribution in [2.45, 2.75) is 52.9 Å². The molecule has 0 radical (unpaired) electrons. The molecule has 0 fully saturated rings. The number of hydrogen-bond acceptors (Lipinski definition) is 3. The average molecular weight is 391 g/mol. The number of aromatic hydroxyl groups is 2. The Morgan fingerprint density at radius 3 is 2.52 bits per heavy atom. The smallest absolute Gasteiger partial charge is 0.189 e. The molecule has 2 aromatic rings. The van der Waals surface area contributed by atoms with Crippen LogP contribution < -0.4 is 0 Å². The molecule has 152 valence electrons. The van der Waals surface area contributed by atoms with Crippen molar-refractivity contribution in [3.05, 3.63) is 76.4 Å². The Morgan fingerprint density at radius 2 is 1.83 bits per heavy atom. The highest BCUT2D eigenvalue weighted by Crippen LogP contribution is 2.42. The van der Waals surface area contributed by atoms with Crippen molar-refractivity contribution in [1.82, 2.24) is 0 Å². The second-order valence-corrected chi connectivity index (χ2v) is 8.70. The van der Waals surface area contributed by atoms with Crippen LogP contribution in [0, 0.1) is 5.41 Å². The van der Waals surface area contributed by atoms with Crippen LogP contribution in [0.5, 0.6) is 11.5 Å². The minimum absolute atomic E-state index is 0.134. The number of phenols is 2. The van der Waals surface area contributed by atoms with Crippen molar-refractivity contribution in [2.24, 2.45) is 5.41 Å². The first-order valence-electron chi connectivity index (χ1n) is 10.3. The first kappa shape index (κ1) is 20.9. The van der Waals surface area contributed by atoms with Crippen molar-refractivity contribution in [3.8, 4) is 11.5 Å². The molecule has 0 aromatic heterocycles. The van der Waals surface area contributed by atoms with E-state index >= 15 is 0 Å². The van der Waals surface area contributed by atoms with Gasteiger partial charge in [0.15, 0.2) is 5.78 Å². The summed E-state index contributed by atoms with van der Waals surface area (Å²) in [5, 5.41) is 20.1. The summed E-state index contributed by atoms with van der Waals surface area (Å²) < 4.78 is 0. The molecule has 2 N–H and O–H groups in total. The van der Waals surface area contributed by atoms with E-state index in [2.05, 4.69) is 26.8 Å². The van der Waals surface area contributed by atoms with Gasteiger partial charge in [0.05, 0.1) is 5.56 Å². The van der Waals surface area contributed by atoms with Crippen molar-refractivity contribution in [3.63, 3.8) is 0 Å². The SMILES string of the molecule is CC(C)=CCCC1(C)CCc2c(ccc(C(=O)C=Cc3ccc(O)cc3)c2O)C1.